The van der Waals surface area contributed by atoms with Crippen LogP contribution in [0, 0.1) is 12.7 Å². The molecule has 2 N–H and O–H groups in total. The summed E-state index contributed by atoms with van der Waals surface area (Å²) in [5, 5.41) is 0.939. The van der Waals surface area contributed by atoms with E-state index in [0.717, 1.165) is 34.0 Å². The molecule has 1 aromatic heterocycles. The van der Waals surface area contributed by atoms with Crippen LogP contribution >= 0.6 is 11.3 Å². The van der Waals surface area contributed by atoms with E-state index in [0.29, 0.717) is 0 Å². The number of nitrogens with two attached hydrogens (primary N) is 1. The normalized spacial score (nSPS) is 11.8. The Labute approximate surface area is 117 Å². The first-order chi connectivity index (χ1) is 9.00. The summed E-state index contributed by atoms with van der Waals surface area (Å²) < 4.78 is 13.3. The molecule has 0 aliphatic carbocycles. The molecule has 0 bridgehead atoms. The minimum atomic E-state index is -0.374. The van der Waals surface area contributed by atoms with Crippen LogP contribution in [0.1, 0.15) is 36.6 Å². The summed E-state index contributed by atoms with van der Waals surface area (Å²) in [6.45, 7) is 6.15. The third-order valence-electron chi connectivity index (χ3n) is 3.58. The lowest BCUT2D eigenvalue weighted by Gasteiger charge is -2.23. The number of rotatable bonds is 4. The van der Waals surface area contributed by atoms with Gasteiger partial charge in [-0.15, -0.1) is 11.3 Å². The largest absolute Gasteiger partial charge is 0.319 e. The van der Waals surface area contributed by atoms with E-state index >= 15 is 0 Å². The number of thiazole rings is 1. The molecule has 0 aliphatic rings. The number of aryl methyl sites for hydroxylation is 1. The van der Waals surface area contributed by atoms with E-state index in [2.05, 4.69) is 18.8 Å². The van der Waals surface area contributed by atoms with E-state index in [1.54, 1.807) is 17.4 Å². The van der Waals surface area contributed by atoms with Gasteiger partial charge >= 0.3 is 0 Å². The standard InChI is InChI=1S/C15H19FN2S/c1-4-15(17,5-2)14-18-13(10(3)19-14)11-7-6-8-12(16)9-11/h6-9H,4-5,17H2,1-3H3. The van der Waals surface area contributed by atoms with Crippen LogP contribution in [0.5, 0.6) is 0 Å². The van der Waals surface area contributed by atoms with Crippen molar-refractivity contribution in [2.45, 2.75) is 39.2 Å². The highest BCUT2D eigenvalue weighted by Gasteiger charge is 2.28. The molecule has 0 atom stereocenters. The molecule has 0 spiro atoms. The van der Waals surface area contributed by atoms with Gasteiger partial charge in [0.05, 0.1) is 11.2 Å². The first-order valence-electron chi connectivity index (χ1n) is 6.53. The molecule has 2 nitrogen and oxygen atoms in total. The smallest absolute Gasteiger partial charge is 0.123 e. The van der Waals surface area contributed by atoms with Gasteiger partial charge < -0.3 is 5.73 Å². The number of hydrogen-bond acceptors (Lipinski definition) is 3. The number of aromatic nitrogens is 1. The minimum Gasteiger partial charge on any atom is -0.319 e. The molecule has 1 aromatic carbocycles. The number of nitrogens with zero attached hydrogens (tertiary/aromatic N) is 1. The molecule has 0 radical (unpaired) electrons. The van der Waals surface area contributed by atoms with Gasteiger partial charge in [-0.2, -0.15) is 0 Å². The van der Waals surface area contributed by atoms with Crippen molar-refractivity contribution in [2.24, 2.45) is 5.73 Å². The maximum atomic E-state index is 13.3. The lowest BCUT2D eigenvalue weighted by molar-refractivity contribution is 0.411. The van der Waals surface area contributed by atoms with Gasteiger partial charge in [0.25, 0.3) is 0 Å². The van der Waals surface area contributed by atoms with Crippen LogP contribution in [0.2, 0.25) is 0 Å². The molecule has 0 amide bonds. The van der Waals surface area contributed by atoms with Crippen molar-refractivity contribution in [3.8, 4) is 11.3 Å². The maximum absolute atomic E-state index is 13.3. The Bertz CT molecular complexity index is 573. The Kier molecular flexibility index (Phi) is 4.02. The Morgan fingerprint density at radius 2 is 2.00 bits per heavy atom. The van der Waals surface area contributed by atoms with Crippen LogP contribution in [-0.4, -0.2) is 4.98 Å². The van der Waals surface area contributed by atoms with E-state index in [1.165, 1.54) is 12.1 Å². The second-order valence-corrected chi connectivity index (χ2v) is 6.00. The van der Waals surface area contributed by atoms with Gasteiger partial charge in [0.2, 0.25) is 0 Å². The van der Waals surface area contributed by atoms with Crippen molar-refractivity contribution < 1.29 is 4.39 Å². The Morgan fingerprint density at radius 3 is 2.58 bits per heavy atom. The van der Waals surface area contributed by atoms with E-state index in [-0.39, 0.29) is 11.4 Å². The SMILES string of the molecule is CCC(N)(CC)c1nc(-c2cccc(F)c2)c(C)s1. The lowest BCUT2D eigenvalue weighted by atomic mass is 9.95. The third-order valence-corrected chi connectivity index (χ3v) is 4.77. The predicted molar refractivity (Wildman–Crippen MR) is 78.7 cm³/mol. The van der Waals surface area contributed by atoms with E-state index in [1.807, 2.05) is 13.0 Å². The molecular formula is C15H19FN2S. The quantitative estimate of drug-likeness (QED) is 0.909. The molecule has 102 valence electrons. The minimum absolute atomic E-state index is 0.239. The van der Waals surface area contributed by atoms with Gasteiger partial charge in [-0.05, 0) is 31.9 Å². The highest BCUT2D eigenvalue weighted by molar-refractivity contribution is 7.12. The summed E-state index contributed by atoms with van der Waals surface area (Å²) in [6.07, 6.45) is 1.69. The first kappa shape index (κ1) is 14.2. The van der Waals surface area contributed by atoms with E-state index < -0.39 is 0 Å². The molecule has 0 fully saturated rings. The van der Waals surface area contributed by atoms with E-state index in [4.69, 9.17) is 5.73 Å². The zero-order valence-electron chi connectivity index (χ0n) is 11.5. The van der Waals surface area contributed by atoms with Gasteiger partial charge in [0.1, 0.15) is 10.8 Å². The summed E-state index contributed by atoms with van der Waals surface area (Å²) in [4.78, 5) is 5.74. The molecule has 2 rings (SSSR count). The summed E-state index contributed by atoms with van der Waals surface area (Å²) in [7, 11) is 0. The van der Waals surface area contributed by atoms with Crippen LogP contribution in [0.25, 0.3) is 11.3 Å². The van der Waals surface area contributed by atoms with Crippen molar-refractivity contribution in [2.75, 3.05) is 0 Å². The molecule has 2 aromatic rings. The fourth-order valence-corrected chi connectivity index (χ4v) is 3.24. The average Bonchev–Trinajstić information content (AvgIpc) is 2.80. The third kappa shape index (κ3) is 2.69. The van der Waals surface area contributed by atoms with Gasteiger partial charge in [0, 0.05) is 10.4 Å². The fourth-order valence-electron chi connectivity index (χ4n) is 2.07. The van der Waals surface area contributed by atoms with Crippen molar-refractivity contribution in [1.82, 2.24) is 4.98 Å². The highest BCUT2D eigenvalue weighted by Crippen LogP contribution is 2.35. The van der Waals surface area contributed by atoms with Crippen molar-refractivity contribution in [3.05, 3.63) is 40.0 Å². The van der Waals surface area contributed by atoms with E-state index in [9.17, 15) is 4.39 Å². The Morgan fingerprint density at radius 1 is 1.32 bits per heavy atom. The molecule has 4 heteroatoms. The number of benzene rings is 1. The lowest BCUT2D eigenvalue weighted by Crippen LogP contribution is -2.34. The highest BCUT2D eigenvalue weighted by atomic mass is 32.1. The van der Waals surface area contributed by atoms with Crippen LogP contribution in [0.3, 0.4) is 0 Å². The number of halogens is 1. The molecule has 1 heterocycles. The molecular weight excluding hydrogens is 259 g/mol. The van der Waals surface area contributed by atoms with Crippen LogP contribution in [0.4, 0.5) is 4.39 Å². The second-order valence-electron chi connectivity index (χ2n) is 4.80. The zero-order valence-corrected chi connectivity index (χ0v) is 12.4. The fraction of sp³-hybridized carbons (Fsp3) is 0.400. The van der Waals surface area contributed by atoms with Gasteiger partial charge in [-0.3, -0.25) is 0 Å². The van der Waals surface area contributed by atoms with Crippen molar-refractivity contribution >= 4 is 11.3 Å². The molecule has 0 saturated carbocycles. The Balaban J connectivity index is 2.47. The van der Waals surface area contributed by atoms with Crippen molar-refractivity contribution in [1.29, 1.82) is 0 Å². The van der Waals surface area contributed by atoms with Crippen LogP contribution in [0.15, 0.2) is 24.3 Å². The van der Waals surface area contributed by atoms with Gasteiger partial charge in [-0.25, -0.2) is 9.37 Å². The summed E-state index contributed by atoms with van der Waals surface area (Å²) >= 11 is 1.61. The Hall–Kier alpha value is -1.26. The zero-order chi connectivity index (χ0) is 14.0. The number of hydrogen-bond donors (Lipinski definition) is 1. The average molecular weight is 278 g/mol. The molecule has 0 saturated heterocycles. The summed E-state index contributed by atoms with van der Waals surface area (Å²) in [6, 6.07) is 6.54. The summed E-state index contributed by atoms with van der Waals surface area (Å²) in [5.41, 5.74) is 7.67. The van der Waals surface area contributed by atoms with Crippen LogP contribution < -0.4 is 5.73 Å². The molecule has 19 heavy (non-hydrogen) atoms. The summed E-state index contributed by atoms with van der Waals surface area (Å²) in [5.74, 6) is -0.239. The van der Waals surface area contributed by atoms with Crippen LogP contribution in [-0.2, 0) is 5.54 Å². The van der Waals surface area contributed by atoms with Gasteiger partial charge in [-0.1, -0.05) is 26.0 Å². The topological polar surface area (TPSA) is 38.9 Å². The van der Waals surface area contributed by atoms with Gasteiger partial charge in [0.15, 0.2) is 0 Å². The van der Waals surface area contributed by atoms with Crippen molar-refractivity contribution in [3.63, 3.8) is 0 Å². The molecule has 0 unspecified atom stereocenters. The maximum Gasteiger partial charge on any atom is 0.123 e. The molecule has 0 aliphatic heterocycles. The monoisotopic (exact) mass is 278 g/mol. The second kappa shape index (κ2) is 5.39. The first-order valence-corrected chi connectivity index (χ1v) is 7.34. The predicted octanol–water partition coefficient (Wildman–Crippen LogP) is 4.23.